The van der Waals surface area contributed by atoms with Crippen LogP contribution >= 0.6 is 0 Å². The molecule has 3 rings (SSSR count). The second-order valence-corrected chi connectivity index (χ2v) is 6.06. The van der Waals surface area contributed by atoms with Gasteiger partial charge in [-0.05, 0) is 44.5 Å². The summed E-state index contributed by atoms with van der Waals surface area (Å²) in [5.41, 5.74) is 3.58. The highest BCUT2D eigenvalue weighted by Gasteiger charge is 2.21. The SMILES string of the molecule is Cc1ncn(CCNC(=O)c2ccc(N3CCCC3=O)cc2)c1C. The molecule has 2 amide bonds. The number of aromatic nitrogens is 2. The lowest BCUT2D eigenvalue weighted by Gasteiger charge is -2.15. The van der Waals surface area contributed by atoms with E-state index in [1.807, 2.05) is 30.5 Å². The van der Waals surface area contributed by atoms with Crippen LogP contribution in [0.25, 0.3) is 0 Å². The fourth-order valence-corrected chi connectivity index (χ4v) is 2.88. The fourth-order valence-electron chi connectivity index (χ4n) is 2.88. The number of carbonyl (C=O) groups is 2. The van der Waals surface area contributed by atoms with Gasteiger partial charge in [-0.15, -0.1) is 0 Å². The molecular weight excluding hydrogens is 304 g/mol. The highest BCUT2D eigenvalue weighted by molar-refractivity contribution is 5.97. The zero-order valence-electron chi connectivity index (χ0n) is 14.1. The van der Waals surface area contributed by atoms with Gasteiger partial charge in [0.2, 0.25) is 5.91 Å². The van der Waals surface area contributed by atoms with Crippen molar-refractivity contribution < 1.29 is 9.59 Å². The summed E-state index contributed by atoms with van der Waals surface area (Å²) < 4.78 is 2.03. The molecule has 1 aromatic heterocycles. The molecule has 24 heavy (non-hydrogen) atoms. The van der Waals surface area contributed by atoms with Gasteiger partial charge in [-0.3, -0.25) is 9.59 Å². The maximum absolute atomic E-state index is 12.2. The third-order valence-electron chi connectivity index (χ3n) is 4.50. The van der Waals surface area contributed by atoms with Gasteiger partial charge in [-0.1, -0.05) is 0 Å². The summed E-state index contributed by atoms with van der Waals surface area (Å²) in [6.45, 7) is 5.98. The van der Waals surface area contributed by atoms with Crippen LogP contribution in [-0.2, 0) is 11.3 Å². The topological polar surface area (TPSA) is 67.2 Å². The summed E-state index contributed by atoms with van der Waals surface area (Å²) in [5, 5.41) is 2.91. The second kappa shape index (κ2) is 6.86. The number of rotatable bonds is 5. The Morgan fingerprint density at radius 2 is 2.00 bits per heavy atom. The van der Waals surface area contributed by atoms with E-state index >= 15 is 0 Å². The van der Waals surface area contributed by atoms with Crippen molar-refractivity contribution in [2.75, 3.05) is 18.0 Å². The smallest absolute Gasteiger partial charge is 0.251 e. The predicted molar refractivity (Wildman–Crippen MR) is 92.1 cm³/mol. The third kappa shape index (κ3) is 3.32. The summed E-state index contributed by atoms with van der Waals surface area (Å²) in [6.07, 6.45) is 3.29. The molecule has 1 aliphatic rings. The lowest BCUT2D eigenvalue weighted by Crippen LogP contribution is -2.27. The molecule has 0 bridgehead atoms. The molecule has 1 aliphatic heterocycles. The van der Waals surface area contributed by atoms with E-state index in [2.05, 4.69) is 10.3 Å². The number of nitrogens with one attached hydrogen (secondary N) is 1. The zero-order chi connectivity index (χ0) is 17.1. The molecule has 0 unspecified atom stereocenters. The quantitative estimate of drug-likeness (QED) is 0.914. The molecule has 0 saturated carbocycles. The van der Waals surface area contributed by atoms with Crippen LogP contribution in [-0.4, -0.2) is 34.5 Å². The highest BCUT2D eigenvalue weighted by Crippen LogP contribution is 2.21. The first-order valence-corrected chi connectivity index (χ1v) is 8.23. The van der Waals surface area contributed by atoms with E-state index in [4.69, 9.17) is 0 Å². The molecule has 1 saturated heterocycles. The number of anilines is 1. The number of carbonyl (C=O) groups excluding carboxylic acids is 2. The van der Waals surface area contributed by atoms with E-state index in [0.29, 0.717) is 25.1 Å². The van der Waals surface area contributed by atoms with Crippen molar-refractivity contribution in [2.45, 2.75) is 33.2 Å². The Kier molecular flexibility index (Phi) is 4.64. The van der Waals surface area contributed by atoms with Crippen molar-refractivity contribution in [1.29, 1.82) is 0 Å². The lowest BCUT2D eigenvalue weighted by atomic mass is 10.2. The van der Waals surface area contributed by atoms with Gasteiger partial charge >= 0.3 is 0 Å². The van der Waals surface area contributed by atoms with Crippen LogP contribution in [0, 0.1) is 13.8 Å². The monoisotopic (exact) mass is 326 g/mol. The molecule has 6 nitrogen and oxygen atoms in total. The number of nitrogens with zero attached hydrogens (tertiary/aromatic N) is 3. The van der Waals surface area contributed by atoms with Crippen LogP contribution in [0.1, 0.15) is 34.6 Å². The highest BCUT2D eigenvalue weighted by atomic mass is 16.2. The van der Waals surface area contributed by atoms with Crippen LogP contribution in [0.15, 0.2) is 30.6 Å². The maximum Gasteiger partial charge on any atom is 0.251 e. The Balaban J connectivity index is 1.55. The van der Waals surface area contributed by atoms with Crippen molar-refractivity contribution in [3.8, 4) is 0 Å². The predicted octanol–water partition coefficient (Wildman–Crippen LogP) is 2.06. The second-order valence-electron chi connectivity index (χ2n) is 6.06. The van der Waals surface area contributed by atoms with Crippen molar-refractivity contribution in [2.24, 2.45) is 0 Å². The largest absolute Gasteiger partial charge is 0.350 e. The molecule has 6 heteroatoms. The minimum Gasteiger partial charge on any atom is -0.350 e. The molecule has 1 aromatic carbocycles. The van der Waals surface area contributed by atoms with E-state index in [1.54, 1.807) is 23.4 Å². The number of aryl methyl sites for hydroxylation is 1. The molecule has 0 aliphatic carbocycles. The minimum absolute atomic E-state index is 0.108. The van der Waals surface area contributed by atoms with Gasteiger partial charge in [0.15, 0.2) is 0 Å². The summed E-state index contributed by atoms with van der Waals surface area (Å²) in [4.78, 5) is 30.0. The van der Waals surface area contributed by atoms with E-state index in [-0.39, 0.29) is 11.8 Å². The van der Waals surface area contributed by atoms with E-state index in [1.165, 1.54) is 0 Å². The zero-order valence-corrected chi connectivity index (χ0v) is 14.1. The Hall–Kier alpha value is -2.63. The van der Waals surface area contributed by atoms with Crippen LogP contribution in [0.3, 0.4) is 0 Å². The molecule has 0 radical (unpaired) electrons. The number of imidazole rings is 1. The summed E-state index contributed by atoms with van der Waals surface area (Å²) in [5.74, 6) is 0.0435. The number of hydrogen-bond donors (Lipinski definition) is 1. The Morgan fingerprint density at radius 1 is 1.25 bits per heavy atom. The van der Waals surface area contributed by atoms with Crippen LogP contribution in [0.4, 0.5) is 5.69 Å². The number of hydrogen-bond acceptors (Lipinski definition) is 3. The molecule has 2 heterocycles. The maximum atomic E-state index is 12.2. The summed E-state index contributed by atoms with van der Waals surface area (Å²) in [7, 11) is 0. The Labute approximate surface area is 141 Å². The molecule has 2 aromatic rings. The minimum atomic E-state index is -0.108. The van der Waals surface area contributed by atoms with Crippen LogP contribution in [0.5, 0.6) is 0 Å². The molecule has 126 valence electrons. The summed E-state index contributed by atoms with van der Waals surface area (Å²) in [6, 6.07) is 7.20. The third-order valence-corrected chi connectivity index (χ3v) is 4.50. The Morgan fingerprint density at radius 3 is 2.58 bits per heavy atom. The first-order valence-electron chi connectivity index (χ1n) is 8.23. The standard InChI is InChI=1S/C18H22N4O2/c1-13-14(2)21(12-20-13)11-9-19-18(24)15-5-7-16(8-6-15)22-10-3-4-17(22)23/h5-8,12H,3-4,9-11H2,1-2H3,(H,19,24). The van der Waals surface area contributed by atoms with Gasteiger partial charge in [0.25, 0.3) is 5.91 Å². The number of amides is 2. The molecule has 0 atom stereocenters. The van der Waals surface area contributed by atoms with Gasteiger partial charge < -0.3 is 14.8 Å². The van der Waals surface area contributed by atoms with Crippen molar-refractivity contribution >= 4 is 17.5 Å². The molecular formula is C18H22N4O2. The molecule has 1 N–H and O–H groups in total. The van der Waals surface area contributed by atoms with Crippen LogP contribution < -0.4 is 10.2 Å². The first kappa shape index (κ1) is 16.2. The molecule has 0 spiro atoms. The lowest BCUT2D eigenvalue weighted by molar-refractivity contribution is -0.117. The fraction of sp³-hybridized carbons (Fsp3) is 0.389. The first-order chi connectivity index (χ1) is 11.6. The molecule has 1 fully saturated rings. The average molecular weight is 326 g/mol. The van der Waals surface area contributed by atoms with Gasteiger partial charge in [0.1, 0.15) is 0 Å². The van der Waals surface area contributed by atoms with Gasteiger partial charge in [-0.25, -0.2) is 4.98 Å². The van der Waals surface area contributed by atoms with Crippen molar-refractivity contribution in [3.63, 3.8) is 0 Å². The van der Waals surface area contributed by atoms with Crippen molar-refractivity contribution in [3.05, 3.63) is 47.5 Å². The summed E-state index contributed by atoms with van der Waals surface area (Å²) >= 11 is 0. The van der Waals surface area contributed by atoms with Crippen molar-refractivity contribution in [1.82, 2.24) is 14.9 Å². The Bertz CT molecular complexity index is 749. The van der Waals surface area contributed by atoms with Crippen LogP contribution in [0.2, 0.25) is 0 Å². The average Bonchev–Trinajstić information content (AvgIpc) is 3.15. The van der Waals surface area contributed by atoms with Gasteiger partial charge in [0.05, 0.1) is 12.0 Å². The normalized spacial score (nSPS) is 14.2. The van der Waals surface area contributed by atoms with E-state index in [0.717, 1.165) is 30.0 Å². The number of benzene rings is 1. The van der Waals surface area contributed by atoms with E-state index < -0.39 is 0 Å². The van der Waals surface area contributed by atoms with Gasteiger partial charge in [0, 0.05) is 43.0 Å². The van der Waals surface area contributed by atoms with Gasteiger partial charge in [-0.2, -0.15) is 0 Å². The van der Waals surface area contributed by atoms with E-state index in [9.17, 15) is 9.59 Å².